The number of rotatable bonds is 4. The number of hydrogen-bond acceptors (Lipinski definition) is 4. The van der Waals surface area contributed by atoms with E-state index < -0.39 is 5.60 Å². The van der Waals surface area contributed by atoms with Gasteiger partial charge in [0.25, 0.3) is 0 Å². The number of halogens is 1. The molecule has 1 atom stereocenters. The molecule has 1 fully saturated rings. The number of nitrogens with zero attached hydrogens (tertiary/aromatic N) is 2. The highest BCUT2D eigenvalue weighted by atomic mass is 35.5. The Morgan fingerprint density at radius 1 is 1.58 bits per heavy atom. The molecule has 1 unspecified atom stereocenters. The molecule has 1 aliphatic rings. The highest BCUT2D eigenvalue weighted by Crippen LogP contribution is 2.50. The summed E-state index contributed by atoms with van der Waals surface area (Å²) < 4.78 is 6.87. The van der Waals surface area contributed by atoms with Gasteiger partial charge in [-0.05, 0) is 12.2 Å². The van der Waals surface area contributed by atoms with Crippen LogP contribution in [0.15, 0.2) is 6.20 Å². The molecule has 0 saturated carbocycles. The van der Waals surface area contributed by atoms with Gasteiger partial charge in [0.05, 0.1) is 30.1 Å². The topological polar surface area (TPSA) is 47.3 Å². The number of thioether (sulfide) groups is 1. The smallest absolute Gasteiger partial charge is 0.122 e. The van der Waals surface area contributed by atoms with E-state index in [4.69, 9.17) is 16.3 Å². The first kappa shape index (κ1) is 15.2. The summed E-state index contributed by atoms with van der Waals surface area (Å²) in [6, 6.07) is 0. The summed E-state index contributed by atoms with van der Waals surface area (Å²) >= 11 is 8.04. The van der Waals surface area contributed by atoms with Crippen LogP contribution in [-0.4, -0.2) is 40.1 Å². The van der Waals surface area contributed by atoms with E-state index in [2.05, 4.69) is 18.9 Å². The lowest BCUT2D eigenvalue weighted by Crippen LogP contribution is -2.49. The van der Waals surface area contributed by atoms with Gasteiger partial charge in [-0.25, -0.2) is 0 Å². The molecule has 0 spiro atoms. The number of ether oxygens (including phenoxy) is 1. The Balaban J connectivity index is 2.41. The maximum Gasteiger partial charge on any atom is 0.122 e. The zero-order chi connectivity index (χ0) is 14.1. The molecule has 1 saturated heterocycles. The summed E-state index contributed by atoms with van der Waals surface area (Å²) in [4.78, 5) is 0. The summed E-state index contributed by atoms with van der Waals surface area (Å²) in [6.07, 6.45) is 2.57. The number of aliphatic hydroxyl groups is 1. The first-order valence-corrected chi connectivity index (χ1v) is 7.96. The molecule has 19 heavy (non-hydrogen) atoms. The van der Waals surface area contributed by atoms with Crippen molar-refractivity contribution < 1.29 is 9.84 Å². The van der Waals surface area contributed by atoms with Crippen molar-refractivity contribution in [3.05, 3.63) is 16.9 Å². The van der Waals surface area contributed by atoms with Crippen molar-refractivity contribution in [3.63, 3.8) is 0 Å². The summed E-state index contributed by atoms with van der Waals surface area (Å²) in [5, 5.41) is 16.0. The number of hydrogen-bond donors (Lipinski definition) is 1. The lowest BCUT2D eigenvalue weighted by molar-refractivity contribution is -0.0650. The van der Waals surface area contributed by atoms with E-state index in [0.717, 1.165) is 17.9 Å². The zero-order valence-electron chi connectivity index (χ0n) is 11.6. The van der Waals surface area contributed by atoms with Crippen molar-refractivity contribution in [1.29, 1.82) is 0 Å². The van der Waals surface area contributed by atoms with Crippen LogP contribution in [0.1, 0.15) is 26.0 Å². The predicted molar refractivity (Wildman–Crippen MR) is 78.7 cm³/mol. The zero-order valence-corrected chi connectivity index (χ0v) is 13.2. The predicted octanol–water partition coefficient (Wildman–Crippen LogP) is 2.53. The van der Waals surface area contributed by atoms with Crippen molar-refractivity contribution in [1.82, 2.24) is 9.78 Å². The minimum Gasteiger partial charge on any atom is -0.383 e. The maximum atomic E-state index is 11.2. The van der Waals surface area contributed by atoms with E-state index in [1.165, 1.54) is 0 Å². The largest absolute Gasteiger partial charge is 0.383 e. The Bertz CT molecular complexity index is 450. The van der Waals surface area contributed by atoms with Crippen molar-refractivity contribution in [2.24, 2.45) is 5.41 Å². The van der Waals surface area contributed by atoms with E-state index in [9.17, 15) is 5.11 Å². The average molecular weight is 305 g/mol. The van der Waals surface area contributed by atoms with Crippen LogP contribution in [0.3, 0.4) is 0 Å². The van der Waals surface area contributed by atoms with Crippen LogP contribution in [0.4, 0.5) is 0 Å². The Labute approximate surface area is 123 Å². The van der Waals surface area contributed by atoms with Gasteiger partial charge < -0.3 is 9.84 Å². The molecule has 0 aliphatic carbocycles. The first-order valence-electron chi connectivity index (χ1n) is 6.43. The highest BCUT2D eigenvalue weighted by molar-refractivity contribution is 7.99. The molecule has 2 rings (SSSR count). The van der Waals surface area contributed by atoms with Gasteiger partial charge in [0.2, 0.25) is 0 Å². The molecule has 1 N–H and O–H groups in total. The van der Waals surface area contributed by atoms with Crippen LogP contribution in [0.25, 0.3) is 0 Å². The lowest BCUT2D eigenvalue weighted by atomic mass is 9.71. The molecule has 1 aliphatic heterocycles. The quantitative estimate of drug-likeness (QED) is 0.928. The second kappa shape index (κ2) is 5.64. The molecular weight excluding hydrogens is 284 g/mol. The molecule has 6 heteroatoms. The first-order chi connectivity index (χ1) is 8.92. The van der Waals surface area contributed by atoms with Gasteiger partial charge in [-0.1, -0.05) is 25.4 Å². The van der Waals surface area contributed by atoms with Crippen molar-refractivity contribution in [2.45, 2.75) is 32.4 Å². The van der Waals surface area contributed by atoms with E-state index in [0.29, 0.717) is 23.9 Å². The van der Waals surface area contributed by atoms with Crippen LogP contribution >= 0.6 is 23.4 Å². The van der Waals surface area contributed by atoms with Gasteiger partial charge in [-0.3, -0.25) is 4.68 Å². The third kappa shape index (κ3) is 2.66. The highest BCUT2D eigenvalue weighted by Gasteiger charge is 2.50. The summed E-state index contributed by atoms with van der Waals surface area (Å²) in [7, 11) is 1.65. The molecule has 0 radical (unpaired) electrons. The molecule has 108 valence electrons. The van der Waals surface area contributed by atoms with Crippen LogP contribution in [-0.2, 0) is 16.9 Å². The Morgan fingerprint density at radius 2 is 2.32 bits per heavy atom. The average Bonchev–Trinajstić information content (AvgIpc) is 2.72. The molecule has 0 bridgehead atoms. The summed E-state index contributed by atoms with van der Waals surface area (Å²) in [5.74, 6) is 1.72. The molecule has 1 aromatic rings. The van der Waals surface area contributed by atoms with E-state index in [1.807, 2.05) is 0 Å². The normalized spacial score (nSPS) is 26.6. The standard InChI is InChI=1S/C13H21ClN2O2S/c1-12(2)4-7-19-9-13(12,17)11-10(14)8-15-16(11)5-6-18-3/h8,17H,4-7,9H2,1-3H3. The van der Waals surface area contributed by atoms with Gasteiger partial charge in [-0.15, -0.1) is 0 Å². The van der Waals surface area contributed by atoms with Gasteiger partial charge in [0.1, 0.15) is 5.60 Å². The van der Waals surface area contributed by atoms with Crippen molar-refractivity contribution >= 4 is 23.4 Å². The van der Waals surface area contributed by atoms with Gasteiger partial charge >= 0.3 is 0 Å². The van der Waals surface area contributed by atoms with Crippen molar-refractivity contribution in [3.8, 4) is 0 Å². The minimum absolute atomic E-state index is 0.216. The Kier molecular flexibility index (Phi) is 4.50. The number of aromatic nitrogens is 2. The van der Waals surface area contributed by atoms with Gasteiger partial charge in [0.15, 0.2) is 0 Å². The summed E-state index contributed by atoms with van der Waals surface area (Å²) in [6.45, 7) is 5.34. The Hall–Kier alpha value is -0.230. The maximum absolute atomic E-state index is 11.2. The Morgan fingerprint density at radius 3 is 2.95 bits per heavy atom. The monoisotopic (exact) mass is 304 g/mol. The second-order valence-electron chi connectivity index (χ2n) is 5.60. The minimum atomic E-state index is -0.947. The lowest BCUT2D eigenvalue weighted by Gasteiger charge is -2.46. The van der Waals surface area contributed by atoms with Gasteiger partial charge in [0, 0.05) is 18.3 Å². The number of methoxy groups -OCH3 is 1. The SMILES string of the molecule is COCCn1ncc(Cl)c1C1(O)CSCCC1(C)C. The molecule has 4 nitrogen and oxygen atoms in total. The van der Waals surface area contributed by atoms with Crippen LogP contribution < -0.4 is 0 Å². The van der Waals surface area contributed by atoms with E-state index >= 15 is 0 Å². The van der Waals surface area contributed by atoms with Crippen LogP contribution in [0, 0.1) is 5.41 Å². The fourth-order valence-electron chi connectivity index (χ4n) is 2.46. The molecule has 1 aromatic heterocycles. The van der Waals surface area contributed by atoms with Crippen molar-refractivity contribution in [2.75, 3.05) is 25.2 Å². The molecule has 2 heterocycles. The van der Waals surface area contributed by atoms with Gasteiger partial charge in [-0.2, -0.15) is 16.9 Å². The molecule has 0 aromatic carbocycles. The third-order valence-corrected chi connectivity index (χ3v) is 5.39. The molecule has 0 amide bonds. The fraction of sp³-hybridized carbons (Fsp3) is 0.769. The van der Waals surface area contributed by atoms with Crippen LogP contribution in [0.2, 0.25) is 5.02 Å². The van der Waals surface area contributed by atoms with E-state index in [-0.39, 0.29) is 5.41 Å². The van der Waals surface area contributed by atoms with Crippen LogP contribution in [0.5, 0.6) is 0 Å². The van der Waals surface area contributed by atoms with E-state index in [1.54, 1.807) is 29.8 Å². The fourth-order valence-corrected chi connectivity index (χ4v) is 4.38. The molecular formula is C13H21ClN2O2S. The summed E-state index contributed by atoms with van der Waals surface area (Å²) in [5.41, 5.74) is -0.437. The second-order valence-corrected chi connectivity index (χ2v) is 7.12. The third-order valence-electron chi connectivity index (χ3n) is 4.00.